The highest BCUT2D eigenvalue weighted by molar-refractivity contribution is 6.30. The van der Waals surface area contributed by atoms with Gasteiger partial charge in [-0.15, -0.1) is 0 Å². The fraction of sp³-hybridized carbons (Fsp3) is 0.500. The van der Waals surface area contributed by atoms with Gasteiger partial charge >= 0.3 is 0 Å². The topological polar surface area (TPSA) is 41.5 Å². The largest absolute Gasteiger partial charge is 0.491 e. The summed E-state index contributed by atoms with van der Waals surface area (Å²) in [5, 5.41) is 12.7. The lowest BCUT2D eigenvalue weighted by atomic mass is 10.3. The second kappa shape index (κ2) is 7.48. The third-order valence-corrected chi connectivity index (χ3v) is 2.45. The third kappa shape index (κ3) is 5.35. The van der Waals surface area contributed by atoms with E-state index >= 15 is 0 Å². The molecule has 0 radical (unpaired) electrons. The summed E-state index contributed by atoms with van der Waals surface area (Å²) < 4.78 is 18.3. The maximum absolute atomic E-state index is 13.1. The third-order valence-electron chi connectivity index (χ3n) is 2.14. The predicted molar refractivity (Wildman–Crippen MR) is 66.1 cm³/mol. The fourth-order valence-electron chi connectivity index (χ4n) is 1.26. The SMILES string of the molecule is CCCNC[C@@H](O)COc1ccc(Cl)c(F)c1. The minimum absolute atomic E-state index is 0.0579. The molecule has 0 amide bonds. The molecular formula is C12H17ClFNO2. The second-order valence-corrected chi connectivity index (χ2v) is 4.15. The molecule has 0 heterocycles. The molecule has 0 unspecified atom stereocenters. The number of ether oxygens (including phenoxy) is 1. The van der Waals surface area contributed by atoms with Crippen molar-refractivity contribution in [2.75, 3.05) is 19.7 Å². The molecule has 0 aliphatic rings. The van der Waals surface area contributed by atoms with Crippen LogP contribution in [0.15, 0.2) is 18.2 Å². The molecule has 1 rings (SSSR count). The number of aliphatic hydroxyl groups excluding tert-OH is 1. The van der Waals surface area contributed by atoms with Crippen LogP contribution in [0, 0.1) is 5.82 Å². The zero-order valence-electron chi connectivity index (χ0n) is 9.75. The van der Waals surface area contributed by atoms with Crippen LogP contribution >= 0.6 is 11.6 Å². The van der Waals surface area contributed by atoms with E-state index in [4.69, 9.17) is 16.3 Å². The number of rotatable bonds is 7. The summed E-state index contributed by atoms with van der Waals surface area (Å²) in [6.07, 6.45) is 0.399. The highest BCUT2D eigenvalue weighted by Gasteiger charge is 2.06. The Morgan fingerprint density at radius 3 is 2.94 bits per heavy atom. The first kappa shape index (κ1) is 14.2. The molecule has 1 aromatic rings. The van der Waals surface area contributed by atoms with E-state index in [0.29, 0.717) is 12.3 Å². The Hall–Kier alpha value is -0.840. The fourth-order valence-corrected chi connectivity index (χ4v) is 1.38. The van der Waals surface area contributed by atoms with Gasteiger partial charge in [-0.2, -0.15) is 0 Å². The van der Waals surface area contributed by atoms with Crippen molar-refractivity contribution in [1.82, 2.24) is 5.32 Å². The first-order valence-electron chi connectivity index (χ1n) is 5.60. The quantitative estimate of drug-likeness (QED) is 0.740. The van der Waals surface area contributed by atoms with Crippen molar-refractivity contribution >= 4 is 11.6 Å². The molecule has 3 nitrogen and oxygen atoms in total. The molecule has 0 saturated carbocycles. The van der Waals surface area contributed by atoms with Crippen LogP contribution in [0.1, 0.15) is 13.3 Å². The zero-order chi connectivity index (χ0) is 12.7. The van der Waals surface area contributed by atoms with Crippen molar-refractivity contribution in [3.8, 4) is 5.75 Å². The minimum atomic E-state index is -0.611. The summed E-state index contributed by atoms with van der Waals surface area (Å²) in [6, 6.07) is 4.19. The van der Waals surface area contributed by atoms with E-state index in [1.54, 1.807) is 6.07 Å². The van der Waals surface area contributed by atoms with Crippen LogP contribution in [0.25, 0.3) is 0 Å². The van der Waals surface area contributed by atoms with Gasteiger partial charge in [0.1, 0.15) is 24.3 Å². The summed E-state index contributed by atoms with van der Waals surface area (Å²) in [5.41, 5.74) is 0. The van der Waals surface area contributed by atoms with Gasteiger partial charge in [0, 0.05) is 12.6 Å². The second-order valence-electron chi connectivity index (χ2n) is 3.74. The normalized spacial score (nSPS) is 12.5. The van der Waals surface area contributed by atoms with Crippen LogP contribution in [-0.4, -0.2) is 30.9 Å². The first-order chi connectivity index (χ1) is 8.13. The maximum atomic E-state index is 13.1. The van der Waals surface area contributed by atoms with Crippen LogP contribution in [0.2, 0.25) is 5.02 Å². The van der Waals surface area contributed by atoms with Gasteiger partial charge in [-0.05, 0) is 25.1 Å². The average molecular weight is 262 g/mol. The summed E-state index contributed by atoms with van der Waals surface area (Å²) in [6.45, 7) is 3.49. The Kier molecular flexibility index (Phi) is 6.26. The van der Waals surface area contributed by atoms with Crippen molar-refractivity contribution in [2.24, 2.45) is 0 Å². The number of halogens is 2. The molecule has 1 aromatic carbocycles. The number of benzene rings is 1. The smallest absolute Gasteiger partial charge is 0.145 e. The van der Waals surface area contributed by atoms with E-state index in [9.17, 15) is 9.50 Å². The highest BCUT2D eigenvalue weighted by Crippen LogP contribution is 2.20. The van der Waals surface area contributed by atoms with Gasteiger partial charge in [0.2, 0.25) is 0 Å². The van der Waals surface area contributed by atoms with E-state index in [1.807, 2.05) is 6.92 Å². The van der Waals surface area contributed by atoms with E-state index in [0.717, 1.165) is 13.0 Å². The Labute approximate surface area is 106 Å². The van der Waals surface area contributed by atoms with Gasteiger partial charge in [0.15, 0.2) is 0 Å². The van der Waals surface area contributed by atoms with Crippen molar-refractivity contribution < 1.29 is 14.2 Å². The monoisotopic (exact) mass is 261 g/mol. The lowest BCUT2D eigenvalue weighted by Crippen LogP contribution is -2.31. The highest BCUT2D eigenvalue weighted by atomic mass is 35.5. The van der Waals surface area contributed by atoms with Crippen LogP contribution in [-0.2, 0) is 0 Å². The summed E-state index contributed by atoms with van der Waals surface area (Å²) >= 11 is 5.54. The molecule has 17 heavy (non-hydrogen) atoms. The van der Waals surface area contributed by atoms with Crippen molar-refractivity contribution in [3.63, 3.8) is 0 Å². The Bertz CT molecular complexity index is 349. The summed E-state index contributed by atoms with van der Waals surface area (Å²) in [4.78, 5) is 0. The molecule has 0 saturated heterocycles. The van der Waals surface area contributed by atoms with Gasteiger partial charge in [0.25, 0.3) is 0 Å². The molecule has 0 aliphatic heterocycles. The van der Waals surface area contributed by atoms with Gasteiger partial charge in [-0.25, -0.2) is 4.39 Å². The van der Waals surface area contributed by atoms with Crippen LogP contribution in [0.4, 0.5) is 4.39 Å². The number of aliphatic hydroxyl groups is 1. The number of hydrogen-bond donors (Lipinski definition) is 2. The van der Waals surface area contributed by atoms with E-state index in [2.05, 4.69) is 5.32 Å². The van der Waals surface area contributed by atoms with Gasteiger partial charge in [0.05, 0.1) is 5.02 Å². The van der Waals surface area contributed by atoms with Crippen molar-refractivity contribution in [1.29, 1.82) is 0 Å². The first-order valence-corrected chi connectivity index (χ1v) is 5.98. The molecular weight excluding hydrogens is 245 g/mol. The molecule has 2 N–H and O–H groups in total. The summed E-state index contributed by atoms with van der Waals surface area (Å²) in [7, 11) is 0. The lowest BCUT2D eigenvalue weighted by Gasteiger charge is -2.13. The molecule has 0 aromatic heterocycles. The molecule has 0 bridgehead atoms. The Morgan fingerprint density at radius 2 is 2.29 bits per heavy atom. The maximum Gasteiger partial charge on any atom is 0.145 e. The zero-order valence-corrected chi connectivity index (χ0v) is 10.5. The molecule has 1 atom stereocenters. The van der Waals surface area contributed by atoms with Crippen LogP contribution in [0.5, 0.6) is 5.75 Å². The predicted octanol–water partition coefficient (Wildman–Crippen LogP) is 2.22. The van der Waals surface area contributed by atoms with Gasteiger partial charge < -0.3 is 15.2 Å². The molecule has 96 valence electrons. The average Bonchev–Trinajstić information content (AvgIpc) is 2.31. The molecule has 0 fully saturated rings. The summed E-state index contributed by atoms with van der Waals surface area (Å²) in [5.74, 6) is -0.163. The lowest BCUT2D eigenvalue weighted by molar-refractivity contribution is 0.106. The van der Waals surface area contributed by atoms with E-state index in [1.165, 1.54) is 12.1 Å². The standard InChI is InChI=1S/C12H17ClFNO2/c1-2-5-15-7-9(16)8-17-10-3-4-11(13)12(14)6-10/h3-4,6,9,15-16H,2,5,7-8H2,1H3/t9-/m1/s1. The van der Waals surface area contributed by atoms with Gasteiger partial charge in [-0.1, -0.05) is 18.5 Å². The number of hydrogen-bond acceptors (Lipinski definition) is 3. The van der Waals surface area contributed by atoms with Gasteiger partial charge in [-0.3, -0.25) is 0 Å². The van der Waals surface area contributed by atoms with Crippen molar-refractivity contribution in [2.45, 2.75) is 19.4 Å². The minimum Gasteiger partial charge on any atom is -0.491 e. The Balaban J connectivity index is 2.31. The van der Waals surface area contributed by atoms with E-state index < -0.39 is 11.9 Å². The molecule has 0 spiro atoms. The van der Waals surface area contributed by atoms with Crippen molar-refractivity contribution in [3.05, 3.63) is 29.0 Å². The van der Waals surface area contributed by atoms with Crippen LogP contribution < -0.4 is 10.1 Å². The molecule has 0 aliphatic carbocycles. The molecule has 5 heteroatoms. The van der Waals surface area contributed by atoms with E-state index in [-0.39, 0.29) is 11.6 Å². The Morgan fingerprint density at radius 1 is 1.53 bits per heavy atom. The number of nitrogens with one attached hydrogen (secondary N) is 1. The van der Waals surface area contributed by atoms with Crippen LogP contribution in [0.3, 0.4) is 0 Å².